The number of likely N-dealkylation sites (tertiary alicyclic amines) is 1. The fourth-order valence-corrected chi connectivity index (χ4v) is 2.85. The zero-order valence-corrected chi connectivity index (χ0v) is 13.5. The molecule has 0 unspecified atom stereocenters. The maximum absolute atomic E-state index is 14.0. The van der Waals surface area contributed by atoms with Crippen LogP contribution in [0.5, 0.6) is 5.75 Å². The van der Waals surface area contributed by atoms with Gasteiger partial charge < -0.3 is 20.3 Å². The van der Waals surface area contributed by atoms with Crippen LogP contribution in [0.15, 0.2) is 18.2 Å². The van der Waals surface area contributed by atoms with E-state index in [4.69, 9.17) is 4.74 Å². The van der Waals surface area contributed by atoms with Crippen molar-refractivity contribution in [1.29, 1.82) is 0 Å². The van der Waals surface area contributed by atoms with Gasteiger partial charge in [-0.25, -0.2) is 9.18 Å². The van der Waals surface area contributed by atoms with Crippen LogP contribution in [-0.4, -0.2) is 43.2 Å². The molecular formula is C17H24FN3O2. The van der Waals surface area contributed by atoms with E-state index in [1.807, 2.05) is 0 Å². The number of ether oxygens (including phenoxy) is 1. The molecule has 23 heavy (non-hydrogen) atoms. The standard InChI is InChI=1S/C17H24FN3O2/c1-21-9-7-12(8-10-21)19-17(22)20-13-5-6-16(15(18)11-13)23-14-3-2-4-14/h5-6,11-12,14H,2-4,7-10H2,1H3,(H2,19,20,22). The molecule has 2 aliphatic rings. The summed E-state index contributed by atoms with van der Waals surface area (Å²) in [5.41, 5.74) is 0.439. The third-order valence-electron chi connectivity index (χ3n) is 4.59. The van der Waals surface area contributed by atoms with E-state index in [0.717, 1.165) is 45.2 Å². The van der Waals surface area contributed by atoms with Crippen molar-refractivity contribution in [3.63, 3.8) is 0 Å². The Bertz CT molecular complexity index is 555. The molecular weight excluding hydrogens is 297 g/mol. The van der Waals surface area contributed by atoms with Crippen molar-refractivity contribution < 1.29 is 13.9 Å². The van der Waals surface area contributed by atoms with E-state index < -0.39 is 5.82 Å². The summed E-state index contributed by atoms with van der Waals surface area (Å²) < 4.78 is 19.6. The molecule has 1 aromatic carbocycles. The number of halogens is 1. The number of hydrogen-bond donors (Lipinski definition) is 2. The number of carbonyl (C=O) groups is 1. The molecule has 1 heterocycles. The molecule has 5 nitrogen and oxygen atoms in total. The van der Waals surface area contributed by atoms with Crippen LogP contribution in [0.4, 0.5) is 14.9 Å². The average molecular weight is 321 g/mol. The van der Waals surface area contributed by atoms with Gasteiger partial charge in [-0.05, 0) is 64.4 Å². The Morgan fingerprint density at radius 1 is 1.26 bits per heavy atom. The Kier molecular flexibility index (Phi) is 5.00. The van der Waals surface area contributed by atoms with E-state index in [1.165, 1.54) is 6.07 Å². The molecule has 1 saturated carbocycles. The first-order valence-corrected chi connectivity index (χ1v) is 8.32. The molecule has 126 valence electrons. The van der Waals surface area contributed by atoms with Crippen LogP contribution in [-0.2, 0) is 0 Å². The number of anilines is 1. The lowest BCUT2D eigenvalue weighted by Gasteiger charge is -2.29. The molecule has 3 rings (SSSR count). The van der Waals surface area contributed by atoms with Gasteiger partial charge in [0.1, 0.15) is 0 Å². The number of nitrogens with one attached hydrogen (secondary N) is 2. The third kappa shape index (κ3) is 4.34. The number of amides is 2. The number of urea groups is 1. The molecule has 6 heteroatoms. The minimum Gasteiger partial charge on any atom is -0.487 e. The van der Waals surface area contributed by atoms with E-state index in [-0.39, 0.29) is 23.9 Å². The highest BCUT2D eigenvalue weighted by Gasteiger charge is 2.21. The van der Waals surface area contributed by atoms with E-state index >= 15 is 0 Å². The Morgan fingerprint density at radius 3 is 2.61 bits per heavy atom. The van der Waals surface area contributed by atoms with Gasteiger partial charge in [0, 0.05) is 17.8 Å². The normalized spacial score (nSPS) is 19.9. The molecule has 1 aliphatic heterocycles. The van der Waals surface area contributed by atoms with Crippen molar-refractivity contribution in [2.45, 2.75) is 44.2 Å². The van der Waals surface area contributed by atoms with Crippen molar-refractivity contribution in [2.75, 3.05) is 25.5 Å². The summed E-state index contributed by atoms with van der Waals surface area (Å²) >= 11 is 0. The summed E-state index contributed by atoms with van der Waals surface area (Å²) in [4.78, 5) is 14.2. The number of rotatable bonds is 4. The van der Waals surface area contributed by atoms with Gasteiger partial charge in [0.05, 0.1) is 6.10 Å². The zero-order valence-electron chi connectivity index (χ0n) is 13.5. The Morgan fingerprint density at radius 2 is 2.00 bits per heavy atom. The Labute approximate surface area is 136 Å². The number of nitrogens with zero attached hydrogens (tertiary/aromatic N) is 1. The second-order valence-electron chi connectivity index (χ2n) is 6.49. The van der Waals surface area contributed by atoms with Crippen LogP contribution in [0.2, 0.25) is 0 Å². The number of carbonyl (C=O) groups excluding carboxylic acids is 1. The average Bonchev–Trinajstić information content (AvgIpc) is 2.47. The predicted molar refractivity (Wildman–Crippen MR) is 87.3 cm³/mol. The van der Waals surface area contributed by atoms with Crippen LogP contribution >= 0.6 is 0 Å². The fourth-order valence-electron chi connectivity index (χ4n) is 2.85. The lowest BCUT2D eigenvalue weighted by Crippen LogP contribution is -2.44. The molecule has 0 aromatic heterocycles. The summed E-state index contributed by atoms with van der Waals surface area (Å²) in [6.45, 7) is 1.96. The zero-order chi connectivity index (χ0) is 16.2. The van der Waals surface area contributed by atoms with Gasteiger partial charge in [-0.3, -0.25) is 0 Å². The van der Waals surface area contributed by atoms with Crippen molar-refractivity contribution >= 4 is 11.7 Å². The highest BCUT2D eigenvalue weighted by Crippen LogP contribution is 2.28. The monoisotopic (exact) mass is 321 g/mol. The van der Waals surface area contributed by atoms with Gasteiger partial charge in [0.15, 0.2) is 11.6 Å². The first-order valence-electron chi connectivity index (χ1n) is 8.32. The highest BCUT2D eigenvalue weighted by atomic mass is 19.1. The second-order valence-corrected chi connectivity index (χ2v) is 6.49. The van der Waals surface area contributed by atoms with Crippen LogP contribution < -0.4 is 15.4 Å². The summed E-state index contributed by atoms with van der Waals surface area (Å²) in [6.07, 6.45) is 5.12. The molecule has 0 spiro atoms. The van der Waals surface area contributed by atoms with Crippen molar-refractivity contribution in [3.05, 3.63) is 24.0 Å². The Balaban J connectivity index is 1.50. The van der Waals surface area contributed by atoms with E-state index in [2.05, 4.69) is 22.6 Å². The van der Waals surface area contributed by atoms with Crippen molar-refractivity contribution in [1.82, 2.24) is 10.2 Å². The summed E-state index contributed by atoms with van der Waals surface area (Å²) in [7, 11) is 2.08. The molecule has 0 radical (unpaired) electrons. The topological polar surface area (TPSA) is 53.6 Å². The molecule has 2 N–H and O–H groups in total. The van der Waals surface area contributed by atoms with Crippen LogP contribution in [0.1, 0.15) is 32.1 Å². The van der Waals surface area contributed by atoms with Gasteiger partial charge in [-0.1, -0.05) is 0 Å². The van der Waals surface area contributed by atoms with Gasteiger partial charge in [-0.2, -0.15) is 0 Å². The van der Waals surface area contributed by atoms with E-state index in [9.17, 15) is 9.18 Å². The number of piperidine rings is 1. The van der Waals surface area contributed by atoms with Crippen LogP contribution in [0, 0.1) is 5.82 Å². The molecule has 1 saturated heterocycles. The maximum atomic E-state index is 14.0. The lowest BCUT2D eigenvalue weighted by atomic mass is 9.96. The van der Waals surface area contributed by atoms with Crippen LogP contribution in [0.25, 0.3) is 0 Å². The smallest absolute Gasteiger partial charge is 0.319 e. The molecule has 1 aromatic rings. The Hall–Kier alpha value is -1.82. The number of hydrogen-bond acceptors (Lipinski definition) is 3. The molecule has 2 amide bonds. The van der Waals surface area contributed by atoms with E-state index in [1.54, 1.807) is 12.1 Å². The van der Waals surface area contributed by atoms with Crippen molar-refractivity contribution in [2.24, 2.45) is 0 Å². The van der Waals surface area contributed by atoms with Gasteiger partial charge in [0.2, 0.25) is 0 Å². The summed E-state index contributed by atoms with van der Waals surface area (Å²) in [5.74, 6) is -0.176. The number of benzene rings is 1. The molecule has 0 atom stereocenters. The minimum absolute atomic E-state index is 0.135. The first kappa shape index (κ1) is 16.1. The largest absolute Gasteiger partial charge is 0.487 e. The SMILES string of the molecule is CN1CCC(NC(=O)Nc2ccc(OC3CCC3)c(F)c2)CC1. The maximum Gasteiger partial charge on any atom is 0.319 e. The predicted octanol–water partition coefficient (Wildman–Crippen LogP) is 2.97. The minimum atomic E-state index is -0.436. The first-order chi connectivity index (χ1) is 11.1. The van der Waals surface area contributed by atoms with E-state index in [0.29, 0.717) is 5.69 Å². The quantitative estimate of drug-likeness (QED) is 0.896. The second kappa shape index (κ2) is 7.17. The summed E-state index contributed by atoms with van der Waals surface area (Å²) in [5, 5.41) is 5.63. The highest BCUT2D eigenvalue weighted by molar-refractivity contribution is 5.89. The third-order valence-corrected chi connectivity index (χ3v) is 4.59. The van der Waals surface area contributed by atoms with Gasteiger partial charge >= 0.3 is 6.03 Å². The summed E-state index contributed by atoms with van der Waals surface area (Å²) in [6, 6.07) is 4.45. The van der Waals surface area contributed by atoms with Crippen molar-refractivity contribution in [3.8, 4) is 5.75 Å². The molecule has 2 fully saturated rings. The lowest BCUT2D eigenvalue weighted by molar-refractivity contribution is 0.115. The van der Waals surface area contributed by atoms with Gasteiger partial charge in [0.25, 0.3) is 0 Å². The van der Waals surface area contributed by atoms with Crippen LogP contribution in [0.3, 0.4) is 0 Å². The molecule has 0 bridgehead atoms. The molecule has 1 aliphatic carbocycles. The fraction of sp³-hybridized carbons (Fsp3) is 0.588. The van der Waals surface area contributed by atoms with Gasteiger partial charge in [-0.15, -0.1) is 0 Å².